The van der Waals surface area contributed by atoms with Crippen LogP contribution < -0.4 is 14.8 Å². The Bertz CT molecular complexity index is 1910. The second-order valence-corrected chi connectivity index (χ2v) is 11.4. The molecule has 0 atom stereocenters. The van der Waals surface area contributed by atoms with Crippen molar-refractivity contribution in [3.63, 3.8) is 0 Å². The molecule has 7 nitrogen and oxygen atoms in total. The van der Waals surface area contributed by atoms with Crippen LogP contribution >= 0.6 is 27.3 Å². The second-order valence-electron chi connectivity index (χ2n) is 9.44. The third kappa shape index (κ3) is 5.22. The van der Waals surface area contributed by atoms with E-state index in [1.165, 1.54) is 15.9 Å². The Labute approximate surface area is 243 Å². The predicted molar refractivity (Wildman–Crippen MR) is 163 cm³/mol. The van der Waals surface area contributed by atoms with Gasteiger partial charge in [-0.05, 0) is 73.5 Å². The lowest BCUT2D eigenvalue weighted by atomic mass is 10.1. The first-order chi connectivity index (χ1) is 19.5. The van der Waals surface area contributed by atoms with Crippen LogP contribution in [0.15, 0.2) is 88.1 Å². The fraction of sp³-hybridized carbons (Fsp3) is 0.161. The van der Waals surface area contributed by atoms with Gasteiger partial charge in [-0.2, -0.15) is 14.6 Å². The number of rotatable bonds is 8. The molecule has 0 bridgehead atoms. The van der Waals surface area contributed by atoms with Crippen LogP contribution in [-0.4, -0.2) is 31.0 Å². The topological polar surface area (TPSA) is 74.3 Å². The number of aryl methyl sites for hydroxylation is 1. The normalized spacial score (nSPS) is 11.9. The van der Waals surface area contributed by atoms with Crippen LogP contribution in [0, 0.1) is 6.92 Å². The summed E-state index contributed by atoms with van der Waals surface area (Å²) in [6, 6.07) is 25.7. The molecule has 0 spiro atoms. The summed E-state index contributed by atoms with van der Waals surface area (Å²) >= 11 is 4.76. The number of nitrogens with zero attached hydrogens (tertiary/aromatic N) is 5. The Morgan fingerprint density at radius 3 is 2.48 bits per heavy atom. The number of halogens is 1. The maximum atomic E-state index is 13.3. The smallest absolute Gasteiger partial charge is 0.291 e. The van der Waals surface area contributed by atoms with E-state index < -0.39 is 0 Å². The molecule has 9 heteroatoms. The highest BCUT2D eigenvalue weighted by Gasteiger charge is 2.15. The van der Waals surface area contributed by atoms with E-state index in [-0.39, 0.29) is 5.56 Å². The van der Waals surface area contributed by atoms with Crippen LogP contribution in [0.3, 0.4) is 0 Å². The van der Waals surface area contributed by atoms with Crippen molar-refractivity contribution in [3.8, 4) is 34.1 Å². The van der Waals surface area contributed by atoms with Crippen molar-refractivity contribution in [1.29, 1.82) is 0 Å². The molecule has 0 aliphatic carbocycles. The van der Waals surface area contributed by atoms with Crippen LogP contribution in [0.1, 0.15) is 31.0 Å². The van der Waals surface area contributed by atoms with Crippen molar-refractivity contribution < 1.29 is 4.74 Å². The summed E-state index contributed by atoms with van der Waals surface area (Å²) in [7, 11) is 0. The number of thiazole rings is 1. The highest BCUT2D eigenvalue weighted by atomic mass is 79.9. The van der Waals surface area contributed by atoms with Gasteiger partial charge in [0, 0.05) is 15.6 Å². The molecule has 200 valence electrons. The fourth-order valence-corrected chi connectivity index (χ4v) is 5.56. The van der Waals surface area contributed by atoms with Gasteiger partial charge in [-0.15, -0.1) is 5.10 Å². The van der Waals surface area contributed by atoms with E-state index in [1.807, 2.05) is 90.5 Å². The van der Waals surface area contributed by atoms with E-state index in [0.717, 1.165) is 56.8 Å². The van der Waals surface area contributed by atoms with E-state index in [1.54, 1.807) is 0 Å². The van der Waals surface area contributed by atoms with Crippen LogP contribution in [0.4, 0.5) is 0 Å². The van der Waals surface area contributed by atoms with Crippen molar-refractivity contribution in [2.75, 3.05) is 6.61 Å². The molecular formula is C31H26BrN5O2S. The molecule has 0 aliphatic heterocycles. The van der Waals surface area contributed by atoms with Crippen molar-refractivity contribution >= 4 is 38.3 Å². The Morgan fingerprint density at radius 1 is 0.975 bits per heavy atom. The molecule has 0 saturated heterocycles. The molecule has 0 fully saturated rings. The van der Waals surface area contributed by atoms with Crippen LogP contribution in [0.5, 0.6) is 5.75 Å². The molecule has 0 amide bonds. The highest BCUT2D eigenvalue weighted by molar-refractivity contribution is 9.10. The minimum Gasteiger partial charge on any atom is -0.493 e. The lowest BCUT2D eigenvalue weighted by Gasteiger charge is -2.09. The van der Waals surface area contributed by atoms with Gasteiger partial charge in [-0.1, -0.05) is 70.9 Å². The third-order valence-electron chi connectivity index (χ3n) is 6.53. The van der Waals surface area contributed by atoms with Gasteiger partial charge >= 0.3 is 0 Å². The van der Waals surface area contributed by atoms with E-state index in [9.17, 15) is 4.79 Å². The molecule has 0 unspecified atom stereocenters. The molecule has 40 heavy (non-hydrogen) atoms. The maximum absolute atomic E-state index is 13.3. The lowest BCUT2D eigenvalue weighted by Crippen LogP contribution is -2.24. The summed E-state index contributed by atoms with van der Waals surface area (Å²) in [4.78, 5) is 18.5. The first-order valence-electron chi connectivity index (χ1n) is 13.1. The Balaban J connectivity index is 1.40. The van der Waals surface area contributed by atoms with Crippen molar-refractivity contribution in [2.45, 2.75) is 26.7 Å². The van der Waals surface area contributed by atoms with E-state index >= 15 is 0 Å². The molecule has 3 aromatic heterocycles. The zero-order valence-electron chi connectivity index (χ0n) is 22.0. The minimum absolute atomic E-state index is 0.206. The van der Waals surface area contributed by atoms with Crippen LogP contribution in [0.25, 0.3) is 39.4 Å². The monoisotopic (exact) mass is 611 g/mol. The maximum Gasteiger partial charge on any atom is 0.291 e. The largest absolute Gasteiger partial charge is 0.493 e. The Hall–Kier alpha value is -4.08. The standard InChI is InChI=1S/C31H26BrN5O2S/c1-3-4-16-39-27-15-12-22(17-20(27)2)26-18-25(36(34-26)24-8-6-5-7-9-24)19-28-30(38)37-31(40-28)33-29(35-37)21-10-13-23(32)14-11-21/h5-15,17-19H,3-4,16H2,1-2H3. The number of para-hydroxylation sites is 1. The molecule has 0 aliphatic rings. The minimum atomic E-state index is -0.206. The third-order valence-corrected chi connectivity index (χ3v) is 8.01. The van der Waals surface area contributed by atoms with Crippen molar-refractivity contribution in [3.05, 3.63) is 109 Å². The molecule has 0 N–H and O–H groups in total. The van der Waals surface area contributed by atoms with Crippen molar-refractivity contribution in [1.82, 2.24) is 24.4 Å². The first kappa shape index (κ1) is 26.2. The lowest BCUT2D eigenvalue weighted by molar-refractivity contribution is 0.307. The van der Waals surface area contributed by atoms with Gasteiger partial charge in [0.1, 0.15) is 10.3 Å². The Kier molecular flexibility index (Phi) is 7.32. The van der Waals surface area contributed by atoms with Crippen LogP contribution in [0.2, 0.25) is 0 Å². The van der Waals surface area contributed by atoms with Gasteiger partial charge in [0.05, 0.1) is 23.7 Å². The summed E-state index contributed by atoms with van der Waals surface area (Å²) in [5.74, 6) is 1.41. The van der Waals surface area contributed by atoms with Gasteiger partial charge in [-0.25, -0.2) is 4.68 Å². The number of benzene rings is 3. The van der Waals surface area contributed by atoms with Gasteiger partial charge in [0.15, 0.2) is 5.82 Å². The highest BCUT2D eigenvalue weighted by Crippen LogP contribution is 2.28. The number of hydrogen-bond donors (Lipinski definition) is 0. The number of hydrogen-bond acceptors (Lipinski definition) is 6. The van der Waals surface area contributed by atoms with Gasteiger partial charge < -0.3 is 4.74 Å². The van der Waals surface area contributed by atoms with E-state index in [0.29, 0.717) is 21.9 Å². The molecule has 6 aromatic rings. The van der Waals surface area contributed by atoms with Gasteiger partial charge in [0.2, 0.25) is 4.96 Å². The summed E-state index contributed by atoms with van der Waals surface area (Å²) in [5, 5.41) is 9.42. The molecule has 3 heterocycles. The zero-order valence-corrected chi connectivity index (χ0v) is 24.4. The Morgan fingerprint density at radius 2 is 1.75 bits per heavy atom. The average molecular weight is 613 g/mol. The van der Waals surface area contributed by atoms with Crippen molar-refractivity contribution in [2.24, 2.45) is 0 Å². The van der Waals surface area contributed by atoms with E-state index in [4.69, 9.17) is 9.84 Å². The molecular weight excluding hydrogens is 586 g/mol. The summed E-state index contributed by atoms with van der Waals surface area (Å²) in [5.41, 5.74) is 5.19. The predicted octanol–water partition coefficient (Wildman–Crippen LogP) is 6.47. The molecule has 0 saturated carbocycles. The fourth-order valence-electron chi connectivity index (χ4n) is 4.40. The quantitative estimate of drug-likeness (QED) is 0.184. The SMILES string of the molecule is CCCCOc1ccc(-c2cc(C=c3sc4nc(-c5ccc(Br)cc5)nn4c3=O)n(-c3ccccc3)n2)cc1C. The number of unbranched alkanes of at least 4 members (excludes halogenated alkanes) is 1. The number of fused-ring (bicyclic) bond motifs is 1. The summed E-state index contributed by atoms with van der Waals surface area (Å²) in [6.45, 7) is 4.91. The number of aromatic nitrogens is 5. The second kappa shape index (κ2) is 11.2. The molecule has 3 aromatic carbocycles. The average Bonchev–Trinajstić information content (AvgIpc) is 3.66. The van der Waals surface area contributed by atoms with E-state index in [2.05, 4.69) is 39.0 Å². The van der Waals surface area contributed by atoms with Crippen LogP contribution in [-0.2, 0) is 0 Å². The summed E-state index contributed by atoms with van der Waals surface area (Å²) in [6.07, 6.45) is 3.98. The van der Waals surface area contributed by atoms with Gasteiger partial charge in [0.25, 0.3) is 5.56 Å². The zero-order chi connectivity index (χ0) is 27.6. The summed E-state index contributed by atoms with van der Waals surface area (Å²) < 4.78 is 10.7. The molecule has 0 radical (unpaired) electrons. The molecule has 6 rings (SSSR count). The first-order valence-corrected chi connectivity index (χ1v) is 14.7. The van der Waals surface area contributed by atoms with Gasteiger partial charge in [-0.3, -0.25) is 4.79 Å². The number of ether oxygens (including phenoxy) is 1.